The van der Waals surface area contributed by atoms with Crippen LogP contribution in [0.5, 0.6) is 0 Å². The van der Waals surface area contributed by atoms with Crippen LogP contribution in [0.4, 0.5) is 5.69 Å². The first-order valence-electron chi connectivity index (χ1n) is 6.17. The van der Waals surface area contributed by atoms with Crippen molar-refractivity contribution in [3.8, 4) is 0 Å². The predicted octanol–water partition coefficient (Wildman–Crippen LogP) is 4.56. The maximum Gasteiger partial charge on any atom is 0.0511 e. The van der Waals surface area contributed by atoms with Crippen molar-refractivity contribution in [1.82, 2.24) is 0 Å². The Morgan fingerprint density at radius 2 is 1.59 bits per heavy atom. The molecule has 17 heavy (non-hydrogen) atoms. The van der Waals surface area contributed by atoms with Crippen LogP contribution < -0.4 is 5.32 Å². The lowest BCUT2D eigenvalue weighted by atomic mass is 10.0. The average molecular weight is 225 g/mol. The van der Waals surface area contributed by atoms with Gasteiger partial charge in [-0.1, -0.05) is 55.0 Å². The molecule has 0 spiro atoms. The lowest BCUT2D eigenvalue weighted by molar-refractivity contribution is 0.749. The molecule has 0 fully saturated rings. The summed E-state index contributed by atoms with van der Waals surface area (Å²) in [7, 11) is 0. The molecular weight excluding hydrogens is 206 g/mol. The first-order valence-corrected chi connectivity index (χ1v) is 6.17. The Hall–Kier alpha value is -1.76. The Balaban J connectivity index is 2.13. The van der Waals surface area contributed by atoms with E-state index in [-0.39, 0.29) is 0 Å². The van der Waals surface area contributed by atoms with Crippen LogP contribution in [-0.2, 0) is 0 Å². The average Bonchev–Trinajstić information content (AvgIpc) is 2.39. The Labute approximate surface area is 103 Å². The third-order valence-electron chi connectivity index (χ3n) is 3.00. The van der Waals surface area contributed by atoms with Gasteiger partial charge in [0.2, 0.25) is 0 Å². The summed E-state index contributed by atoms with van der Waals surface area (Å²) in [6.07, 6.45) is 1.08. The Bertz CT molecular complexity index is 445. The molecule has 2 rings (SSSR count). The Kier molecular flexibility index (Phi) is 3.81. The van der Waals surface area contributed by atoms with E-state index < -0.39 is 0 Å². The summed E-state index contributed by atoms with van der Waals surface area (Å²) < 4.78 is 0. The van der Waals surface area contributed by atoms with Gasteiger partial charge in [-0.05, 0) is 31.0 Å². The number of anilines is 1. The van der Waals surface area contributed by atoms with Crippen molar-refractivity contribution in [3.05, 3.63) is 65.7 Å². The molecule has 1 atom stereocenters. The van der Waals surface area contributed by atoms with Gasteiger partial charge in [0.05, 0.1) is 6.04 Å². The largest absolute Gasteiger partial charge is 0.378 e. The normalized spacial score (nSPS) is 12.1. The highest BCUT2D eigenvalue weighted by molar-refractivity contribution is 5.46. The van der Waals surface area contributed by atoms with E-state index in [1.807, 2.05) is 0 Å². The highest BCUT2D eigenvalue weighted by Crippen LogP contribution is 2.22. The summed E-state index contributed by atoms with van der Waals surface area (Å²) in [5.41, 5.74) is 3.82. The molecule has 0 aromatic heterocycles. The second kappa shape index (κ2) is 5.53. The quantitative estimate of drug-likeness (QED) is 0.804. The van der Waals surface area contributed by atoms with Crippen molar-refractivity contribution >= 4 is 5.69 Å². The fraction of sp³-hybridized carbons (Fsp3) is 0.250. The first-order chi connectivity index (χ1) is 8.29. The SMILES string of the molecule is CCC(Nc1ccc(C)cc1)c1ccccc1. The van der Waals surface area contributed by atoms with Gasteiger partial charge in [-0.25, -0.2) is 0 Å². The zero-order valence-electron chi connectivity index (χ0n) is 10.5. The zero-order valence-corrected chi connectivity index (χ0v) is 10.5. The fourth-order valence-electron chi connectivity index (χ4n) is 1.96. The molecule has 0 bridgehead atoms. The molecule has 0 saturated carbocycles. The van der Waals surface area contributed by atoms with Crippen molar-refractivity contribution < 1.29 is 0 Å². The van der Waals surface area contributed by atoms with Gasteiger partial charge in [-0.15, -0.1) is 0 Å². The molecule has 0 saturated heterocycles. The van der Waals surface area contributed by atoms with Crippen LogP contribution in [0.3, 0.4) is 0 Å². The molecule has 1 nitrogen and oxygen atoms in total. The van der Waals surface area contributed by atoms with Crippen LogP contribution in [0.15, 0.2) is 54.6 Å². The summed E-state index contributed by atoms with van der Waals surface area (Å²) in [4.78, 5) is 0. The van der Waals surface area contributed by atoms with E-state index in [2.05, 4.69) is 73.8 Å². The smallest absolute Gasteiger partial charge is 0.0511 e. The summed E-state index contributed by atoms with van der Waals surface area (Å²) in [5.74, 6) is 0. The molecule has 0 aliphatic rings. The molecule has 0 aliphatic carbocycles. The number of rotatable bonds is 4. The zero-order chi connectivity index (χ0) is 12.1. The number of benzene rings is 2. The summed E-state index contributed by atoms with van der Waals surface area (Å²) in [6, 6.07) is 19.5. The minimum Gasteiger partial charge on any atom is -0.378 e. The summed E-state index contributed by atoms with van der Waals surface area (Å²) >= 11 is 0. The Morgan fingerprint density at radius 3 is 2.18 bits per heavy atom. The van der Waals surface area contributed by atoms with Crippen molar-refractivity contribution in [2.45, 2.75) is 26.3 Å². The molecule has 2 aromatic rings. The number of nitrogens with one attached hydrogen (secondary N) is 1. The van der Waals surface area contributed by atoms with Crippen molar-refractivity contribution in [2.24, 2.45) is 0 Å². The lowest BCUT2D eigenvalue weighted by Crippen LogP contribution is -2.09. The van der Waals surface area contributed by atoms with Crippen LogP contribution in [0.2, 0.25) is 0 Å². The van der Waals surface area contributed by atoms with Gasteiger partial charge in [-0.2, -0.15) is 0 Å². The second-order valence-corrected chi connectivity index (χ2v) is 4.38. The summed E-state index contributed by atoms with van der Waals surface area (Å²) in [6.45, 7) is 4.32. The van der Waals surface area contributed by atoms with Crippen LogP contribution in [0.1, 0.15) is 30.5 Å². The monoisotopic (exact) mass is 225 g/mol. The van der Waals surface area contributed by atoms with Gasteiger partial charge < -0.3 is 5.32 Å². The van der Waals surface area contributed by atoms with Gasteiger partial charge in [-0.3, -0.25) is 0 Å². The maximum atomic E-state index is 3.57. The molecular formula is C16H19N. The molecule has 88 valence electrons. The molecule has 0 heterocycles. The van der Waals surface area contributed by atoms with E-state index in [1.54, 1.807) is 0 Å². The van der Waals surface area contributed by atoms with Gasteiger partial charge in [0.25, 0.3) is 0 Å². The first kappa shape index (κ1) is 11.7. The third kappa shape index (κ3) is 3.10. The topological polar surface area (TPSA) is 12.0 Å². The van der Waals surface area contributed by atoms with Gasteiger partial charge >= 0.3 is 0 Å². The minimum absolute atomic E-state index is 0.388. The van der Waals surface area contributed by atoms with Crippen LogP contribution >= 0.6 is 0 Å². The minimum atomic E-state index is 0.388. The molecule has 1 heteroatoms. The van der Waals surface area contributed by atoms with Crippen molar-refractivity contribution in [1.29, 1.82) is 0 Å². The van der Waals surface area contributed by atoms with E-state index in [1.165, 1.54) is 16.8 Å². The number of aryl methyl sites for hydroxylation is 1. The molecule has 1 unspecified atom stereocenters. The van der Waals surface area contributed by atoms with E-state index in [9.17, 15) is 0 Å². The van der Waals surface area contributed by atoms with Gasteiger partial charge in [0, 0.05) is 5.69 Å². The third-order valence-corrected chi connectivity index (χ3v) is 3.00. The van der Waals surface area contributed by atoms with E-state index in [0.717, 1.165) is 6.42 Å². The van der Waals surface area contributed by atoms with Gasteiger partial charge in [0.1, 0.15) is 0 Å². The molecule has 0 aliphatic heterocycles. The van der Waals surface area contributed by atoms with Crippen molar-refractivity contribution in [3.63, 3.8) is 0 Å². The van der Waals surface area contributed by atoms with Crippen molar-refractivity contribution in [2.75, 3.05) is 5.32 Å². The second-order valence-electron chi connectivity index (χ2n) is 4.38. The predicted molar refractivity (Wildman–Crippen MR) is 74.3 cm³/mol. The summed E-state index contributed by atoms with van der Waals surface area (Å²) in [5, 5.41) is 3.57. The maximum absolute atomic E-state index is 3.57. The molecule has 0 amide bonds. The van der Waals surface area contributed by atoms with E-state index >= 15 is 0 Å². The molecule has 0 radical (unpaired) electrons. The highest BCUT2D eigenvalue weighted by atomic mass is 14.9. The standard InChI is InChI=1S/C16H19N/c1-3-16(14-7-5-4-6-8-14)17-15-11-9-13(2)10-12-15/h4-12,16-17H,3H2,1-2H3. The number of hydrogen-bond acceptors (Lipinski definition) is 1. The number of hydrogen-bond donors (Lipinski definition) is 1. The molecule has 1 N–H and O–H groups in total. The Morgan fingerprint density at radius 1 is 0.941 bits per heavy atom. The lowest BCUT2D eigenvalue weighted by Gasteiger charge is -2.18. The highest BCUT2D eigenvalue weighted by Gasteiger charge is 2.07. The van der Waals surface area contributed by atoms with E-state index in [0.29, 0.717) is 6.04 Å². The van der Waals surface area contributed by atoms with E-state index in [4.69, 9.17) is 0 Å². The van der Waals surface area contributed by atoms with Crippen LogP contribution in [0, 0.1) is 6.92 Å². The van der Waals surface area contributed by atoms with Crippen LogP contribution in [0.25, 0.3) is 0 Å². The molecule has 2 aromatic carbocycles. The van der Waals surface area contributed by atoms with Crippen LogP contribution in [-0.4, -0.2) is 0 Å². The fourth-order valence-corrected chi connectivity index (χ4v) is 1.96. The van der Waals surface area contributed by atoms with Gasteiger partial charge in [0.15, 0.2) is 0 Å².